The van der Waals surface area contributed by atoms with Crippen LogP contribution in [0, 0.1) is 11.6 Å². The van der Waals surface area contributed by atoms with Gasteiger partial charge < -0.3 is 10.0 Å². The number of hydrogen-bond acceptors (Lipinski definition) is 2. The molecule has 0 radical (unpaired) electrons. The first kappa shape index (κ1) is 18.6. The lowest BCUT2D eigenvalue weighted by atomic mass is 10.0. The summed E-state index contributed by atoms with van der Waals surface area (Å²) in [5.74, 6) is -3.49. The molecule has 0 aliphatic carbocycles. The highest BCUT2D eigenvalue weighted by atomic mass is 19.2. The van der Waals surface area contributed by atoms with Gasteiger partial charge in [-0.2, -0.15) is 0 Å². The molecule has 0 bridgehead atoms. The van der Waals surface area contributed by atoms with E-state index in [1.807, 2.05) is 6.07 Å². The Morgan fingerprint density at radius 1 is 1.08 bits per heavy atom. The predicted molar refractivity (Wildman–Crippen MR) is 89.0 cm³/mol. The summed E-state index contributed by atoms with van der Waals surface area (Å²) in [6.07, 6.45) is 0.0760. The SMILES string of the molecule is CN(C(=O)CCc1cccc(F)c1F)C(Cc1ccccc1)C(=O)O. The van der Waals surface area contributed by atoms with E-state index in [0.29, 0.717) is 0 Å². The highest BCUT2D eigenvalue weighted by Crippen LogP contribution is 2.15. The molecule has 4 nitrogen and oxygen atoms in total. The van der Waals surface area contributed by atoms with Crippen molar-refractivity contribution in [3.8, 4) is 0 Å². The van der Waals surface area contributed by atoms with Crippen LogP contribution in [0.25, 0.3) is 0 Å². The molecule has 0 fully saturated rings. The Kier molecular flexibility index (Phi) is 6.22. The summed E-state index contributed by atoms with van der Waals surface area (Å²) >= 11 is 0. The first-order chi connectivity index (χ1) is 11.9. The Morgan fingerprint density at radius 2 is 1.76 bits per heavy atom. The van der Waals surface area contributed by atoms with Gasteiger partial charge in [0.2, 0.25) is 5.91 Å². The van der Waals surface area contributed by atoms with Gasteiger partial charge >= 0.3 is 5.97 Å². The van der Waals surface area contributed by atoms with Gasteiger partial charge in [-0.15, -0.1) is 0 Å². The average Bonchev–Trinajstić information content (AvgIpc) is 2.60. The Hall–Kier alpha value is -2.76. The highest BCUT2D eigenvalue weighted by molar-refractivity contribution is 5.83. The fourth-order valence-corrected chi connectivity index (χ4v) is 2.56. The number of nitrogens with zero attached hydrogens (tertiary/aromatic N) is 1. The van der Waals surface area contributed by atoms with E-state index in [9.17, 15) is 23.5 Å². The molecule has 0 spiro atoms. The Bertz CT molecular complexity index is 750. The van der Waals surface area contributed by atoms with Crippen LogP contribution in [0.15, 0.2) is 48.5 Å². The molecule has 0 aliphatic heterocycles. The van der Waals surface area contributed by atoms with E-state index < -0.39 is 29.6 Å². The van der Waals surface area contributed by atoms with Crippen LogP contribution in [0.1, 0.15) is 17.5 Å². The third-order valence-corrected chi connectivity index (χ3v) is 4.06. The highest BCUT2D eigenvalue weighted by Gasteiger charge is 2.26. The van der Waals surface area contributed by atoms with Gasteiger partial charge in [0, 0.05) is 19.9 Å². The van der Waals surface area contributed by atoms with Gasteiger partial charge in [0.15, 0.2) is 11.6 Å². The first-order valence-electron chi connectivity index (χ1n) is 7.85. The van der Waals surface area contributed by atoms with Crippen molar-refractivity contribution in [2.24, 2.45) is 0 Å². The van der Waals surface area contributed by atoms with Crippen LogP contribution >= 0.6 is 0 Å². The number of carbonyl (C=O) groups is 2. The lowest BCUT2D eigenvalue weighted by Crippen LogP contribution is -2.44. The topological polar surface area (TPSA) is 57.6 Å². The van der Waals surface area contributed by atoms with Crippen LogP contribution in [-0.4, -0.2) is 35.0 Å². The molecular weight excluding hydrogens is 328 g/mol. The lowest BCUT2D eigenvalue weighted by molar-refractivity contribution is -0.149. The van der Waals surface area contributed by atoms with Gasteiger partial charge in [0.1, 0.15) is 6.04 Å². The van der Waals surface area contributed by atoms with Crippen molar-refractivity contribution in [3.05, 3.63) is 71.3 Å². The zero-order valence-electron chi connectivity index (χ0n) is 13.8. The van der Waals surface area contributed by atoms with E-state index >= 15 is 0 Å². The fourth-order valence-electron chi connectivity index (χ4n) is 2.56. The third-order valence-electron chi connectivity index (χ3n) is 4.06. The second-order valence-electron chi connectivity index (χ2n) is 5.76. The number of hydrogen-bond donors (Lipinski definition) is 1. The molecule has 2 rings (SSSR count). The average molecular weight is 347 g/mol. The molecule has 0 aromatic heterocycles. The monoisotopic (exact) mass is 347 g/mol. The van der Waals surface area contributed by atoms with Crippen LogP contribution in [-0.2, 0) is 22.4 Å². The van der Waals surface area contributed by atoms with E-state index in [-0.39, 0.29) is 24.8 Å². The minimum atomic E-state index is -1.11. The largest absolute Gasteiger partial charge is 0.480 e. The molecular formula is C19H19F2NO3. The second-order valence-corrected chi connectivity index (χ2v) is 5.76. The van der Waals surface area contributed by atoms with Crippen molar-refractivity contribution in [1.29, 1.82) is 0 Å². The third kappa shape index (κ3) is 4.86. The van der Waals surface area contributed by atoms with Gasteiger partial charge in [-0.25, -0.2) is 13.6 Å². The summed E-state index contributed by atoms with van der Waals surface area (Å²) in [6, 6.07) is 11.8. The first-order valence-corrected chi connectivity index (χ1v) is 7.85. The molecule has 1 atom stereocenters. The standard InChI is InChI=1S/C19H19F2NO3/c1-22(16(19(24)25)12-13-6-3-2-4-7-13)17(23)11-10-14-8-5-9-15(20)18(14)21/h2-9,16H,10-12H2,1H3,(H,24,25). The predicted octanol–water partition coefficient (Wildman–Crippen LogP) is 3.05. The van der Waals surface area contributed by atoms with Crippen molar-refractivity contribution in [3.63, 3.8) is 0 Å². The minimum absolute atomic E-state index is 0.00441. The molecule has 0 saturated heterocycles. The summed E-state index contributed by atoms with van der Waals surface area (Å²) in [5.41, 5.74) is 0.891. The van der Waals surface area contributed by atoms with Gasteiger partial charge in [-0.1, -0.05) is 42.5 Å². The molecule has 2 aromatic carbocycles. The van der Waals surface area contributed by atoms with Crippen LogP contribution < -0.4 is 0 Å². The minimum Gasteiger partial charge on any atom is -0.480 e. The zero-order chi connectivity index (χ0) is 18.4. The summed E-state index contributed by atoms with van der Waals surface area (Å²) in [5, 5.41) is 9.42. The van der Waals surface area contributed by atoms with E-state index in [1.165, 1.54) is 19.2 Å². The summed E-state index contributed by atoms with van der Waals surface area (Å²) < 4.78 is 26.8. The molecule has 1 amide bonds. The molecule has 25 heavy (non-hydrogen) atoms. The lowest BCUT2D eigenvalue weighted by Gasteiger charge is -2.25. The number of aliphatic carboxylic acids is 1. The molecule has 0 saturated carbocycles. The Labute approximate surface area is 144 Å². The number of rotatable bonds is 7. The molecule has 0 heterocycles. The van der Waals surface area contributed by atoms with Crippen molar-refractivity contribution in [1.82, 2.24) is 4.90 Å². The number of aryl methyl sites for hydroxylation is 1. The van der Waals surface area contributed by atoms with Crippen molar-refractivity contribution >= 4 is 11.9 Å². The van der Waals surface area contributed by atoms with Crippen molar-refractivity contribution < 1.29 is 23.5 Å². The van der Waals surface area contributed by atoms with E-state index in [2.05, 4.69) is 0 Å². The number of carboxylic acid groups (broad SMARTS) is 1. The molecule has 1 N–H and O–H groups in total. The maximum Gasteiger partial charge on any atom is 0.326 e. The molecule has 2 aromatic rings. The summed E-state index contributed by atoms with van der Waals surface area (Å²) in [4.78, 5) is 25.0. The van der Waals surface area contributed by atoms with E-state index in [1.54, 1.807) is 24.3 Å². The van der Waals surface area contributed by atoms with Crippen molar-refractivity contribution in [2.45, 2.75) is 25.3 Å². The molecule has 1 unspecified atom stereocenters. The number of carboxylic acids is 1. The number of carbonyl (C=O) groups excluding carboxylic acids is 1. The smallest absolute Gasteiger partial charge is 0.326 e. The number of halogens is 2. The molecule has 6 heteroatoms. The maximum absolute atomic E-state index is 13.6. The van der Waals surface area contributed by atoms with Gasteiger partial charge in [0.25, 0.3) is 0 Å². The van der Waals surface area contributed by atoms with Gasteiger partial charge in [-0.3, -0.25) is 4.79 Å². The summed E-state index contributed by atoms with van der Waals surface area (Å²) in [6.45, 7) is 0. The van der Waals surface area contributed by atoms with Crippen LogP contribution in [0.4, 0.5) is 8.78 Å². The van der Waals surface area contributed by atoms with Crippen LogP contribution in [0.3, 0.4) is 0 Å². The fraction of sp³-hybridized carbons (Fsp3) is 0.263. The van der Waals surface area contributed by atoms with Crippen molar-refractivity contribution in [2.75, 3.05) is 7.05 Å². The van der Waals surface area contributed by atoms with E-state index in [4.69, 9.17) is 0 Å². The molecule has 0 aliphatic rings. The second kappa shape index (κ2) is 8.37. The number of benzene rings is 2. The summed E-state index contributed by atoms with van der Waals surface area (Å²) in [7, 11) is 1.41. The van der Waals surface area contributed by atoms with Crippen LogP contribution in [0.2, 0.25) is 0 Å². The van der Waals surface area contributed by atoms with Crippen LogP contribution in [0.5, 0.6) is 0 Å². The Morgan fingerprint density at radius 3 is 2.40 bits per heavy atom. The quantitative estimate of drug-likeness (QED) is 0.837. The zero-order valence-corrected chi connectivity index (χ0v) is 13.8. The normalized spacial score (nSPS) is 11.8. The number of likely N-dealkylation sites (N-methyl/N-ethyl adjacent to an activating group) is 1. The molecule has 132 valence electrons. The van der Waals surface area contributed by atoms with Gasteiger partial charge in [0.05, 0.1) is 0 Å². The number of amides is 1. The Balaban J connectivity index is 2.03. The maximum atomic E-state index is 13.6. The van der Waals surface area contributed by atoms with Gasteiger partial charge in [-0.05, 0) is 23.6 Å². The van der Waals surface area contributed by atoms with E-state index in [0.717, 1.165) is 16.5 Å².